The van der Waals surface area contributed by atoms with Crippen molar-refractivity contribution < 1.29 is 4.74 Å². The molecular weight excluding hydrogens is 303 g/mol. The summed E-state index contributed by atoms with van der Waals surface area (Å²) in [6.45, 7) is 2.33. The third-order valence-electron chi connectivity index (χ3n) is 3.07. The number of hydrogen-bond acceptors (Lipinski definition) is 4. The van der Waals surface area contributed by atoms with Gasteiger partial charge in [-0.25, -0.2) is 4.98 Å². The molecule has 100 valence electrons. The minimum Gasteiger partial charge on any atom is -0.370 e. The summed E-state index contributed by atoms with van der Waals surface area (Å²) < 4.78 is 5.82. The summed E-state index contributed by atoms with van der Waals surface area (Å²) in [5, 5.41) is 4.15. The average molecular weight is 315 g/mol. The van der Waals surface area contributed by atoms with Crippen molar-refractivity contribution in [2.24, 2.45) is 0 Å². The maximum absolute atomic E-state index is 6.06. The minimum absolute atomic E-state index is 0.00687. The van der Waals surface area contributed by atoms with Crippen molar-refractivity contribution in [3.63, 3.8) is 0 Å². The lowest BCUT2D eigenvalue weighted by Crippen LogP contribution is -2.38. The zero-order valence-corrected chi connectivity index (χ0v) is 12.4. The summed E-state index contributed by atoms with van der Waals surface area (Å²) in [5.74, 6) is 0. The topological polar surface area (TPSA) is 25.4 Å². The third kappa shape index (κ3) is 2.87. The van der Waals surface area contributed by atoms with Crippen LogP contribution >= 0.6 is 34.5 Å². The second-order valence-corrected chi connectivity index (χ2v) is 5.98. The number of ether oxygens (including phenoxy) is 1. The van der Waals surface area contributed by atoms with Crippen molar-refractivity contribution in [1.29, 1.82) is 0 Å². The second kappa shape index (κ2) is 5.67. The van der Waals surface area contributed by atoms with Gasteiger partial charge >= 0.3 is 0 Å². The predicted molar refractivity (Wildman–Crippen MR) is 79.5 cm³/mol. The molecule has 1 aliphatic heterocycles. The lowest BCUT2D eigenvalue weighted by atomic mass is 10.1. The molecule has 0 N–H and O–H groups in total. The molecule has 1 atom stereocenters. The van der Waals surface area contributed by atoms with E-state index in [1.807, 2.05) is 29.8 Å². The van der Waals surface area contributed by atoms with Crippen LogP contribution in [0.5, 0.6) is 0 Å². The van der Waals surface area contributed by atoms with E-state index in [1.54, 1.807) is 11.3 Å². The zero-order chi connectivity index (χ0) is 13.2. The Labute approximate surface area is 125 Å². The molecule has 1 aromatic heterocycles. The van der Waals surface area contributed by atoms with Crippen LogP contribution in [0, 0.1) is 0 Å². The van der Waals surface area contributed by atoms with Gasteiger partial charge in [0.15, 0.2) is 5.13 Å². The Hall–Kier alpha value is -0.810. The van der Waals surface area contributed by atoms with Crippen molar-refractivity contribution in [2.45, 2.75) is 6.10 Å². The Bertz CT molecular complexity index is 562. The molecule has 3 nitrogen and oxygen atoms in total. The molecule has 0 spiro atoms. The molecule has 6 heteroatoms. The fourth-order valence-corrected chi connectivity index (χ4v) is 3.10. The SMILES string of the molecule is Clc1ccc([C@H]2CN(c3nccs3)CCO2)cc1Cl. The number of hydrogen-bond donors (Lipinski definition) is 0. The molecule has 1 fully saturated rings. The van der Waals surface area contributed by atoms with Gasteiger partial charge in [0.05, 0.1) is 23.2 Å². The van der Waals surface area contributed by atoms with E-state index in [0.717, 1.165) is 23.8 Å². The minimum atomic E-state index is 0.00687. The lowest BCUT2D eigenvalue weighted by molar-refractivity contribution is 0.0398. The number of rotatable bonds is 2. The van der Waals surface area contributed by atoms with Gasteiger partial charge in [-0.1, -0.05) is 29.3 Å². The lowest BCUT2D eigenvalue weighted by Gasteiger charge is -2.33. The van der Waals surface area contributed by atoms with E-state index >= 15 is 0 Å². The van der Waals surface area contributed by atoms with E-state index in [-0.39, 0.29) is 6.10 Å². The van der Waals surface area contributed by atoms with Gasteiger partial charge in [0.2, 0.25) is 0 Å². The molecule has 0 amide bonds. The van der Waals surface area contributed by atoms with Crippen molar-refractivity contribution in [2.75, 3.05) is 24.6 Å². The van der Waals surface area contributed by atoms with Gasteiger partial charge in [-0.05, 0) is 17.7 Å². The van der Waals surface area contributed by atoms with Gasteiger partial charge in [-0.2, -0.15) is 0 Å². The number of thiazole rings is 1. The first-order valence-corrected chi connectivity index (χ1v) is 7.58. The molecule has 2 heterocycles. The Morgan fingerprint density at radius 2 is 2.21 bits per heavy atom. The van der Waals surface area contributed by atoms with Gasteiger partial charge in [0.1, 0.15) is 6.10 Å². The van der Waals surface area contributed by atoms with Crippen LogP contribution < -0.4 is 4.90 Å². The number of anilines is 1. The van der Waals surface area contributed by atoms with E-state index in [0.29, 0.717) is 16.7 Å². The molecule has 0 unspecified atom stereocenters. The standard InChI is InChI=1S/C13H12Cl2N2OS/c14-10-2-1-9(7-11(10)15)12-8-17(4-5-18-12)13-16-3-6-19-13/h1-3,6-7,12H,4-5,8H2/t12-/m1/s1. The summed E-state index contributed by atoms with van der Waals surface area (Å²) >= 11 is 13.6. The van der Waals surface area contributed by atoms with Crippen molar-refractivity contribution in [3.05, 3.63) is 45.4 Å². The van der Waals surface area contributed by atoms with E-state index in [1.165, 1.54) is 0 Å². The van der Waals surface area contributed by atoms with Gasteiger partial charge in [0, 0.05) is 18.1 Å². The van der Waals surface area contributed by atoms with Crippen LogP contribution in [0.15, 0.2) is 29.8 Å². The van der Waals surface area contributed by atoms with Gasteiger partial charge in [-0.3, -0.25) is 0 Å². The van der Waals surface area contributed by atoms with E-state index in [9.17, 15) is 0 Å². The van der Waals surface area contributed by atoms with Crippen LogP contribution in [0.2, 0.25) is 10.0 Å². The van der Waals surface area contributed by atoms with Crippen molar-refractivity contribution in [1.82, 2.24) is 4.98 Å². The van der Waals surface area contributed by atoms with Gasteiger partial charge < -0.3 is 9.64 Å². The molecular formula is C13H12Cl2N2OS. The van der Waals surface area contributed by atoms with E-state index in [4.69, 9.17) is 27.9 Å². The highest BCUT2D eigenvalue weighted by atomic mass is 35.5. The van der Waals surface area contributed by atoms with E-state index < -0.39 is 0 Å². The van der Waals surface area contributed by atoms with Crippen molar-refractivity contribution in [3.8, 4) is 0 Å². The van der Waals surface area contributed by atoms with Gasteiger partial charge in [0.25, 0.3) is 0 Å². The number of benzene rings is 1. The Morgan fingerprint density at radius 3 is 2.95 bits per heavy atom. The highest BCUT2D eigenvalue weighted by molar-refractivity contribution is 7.13. The molecule has 0 radical (unpaired) electrons. The maximum Gasteiger partial charge on any atom is 0.185 e. The molecule has 3 rings (SSSR count). The molecule has 1 aromatic carbocycles. The predicted octanol–water partition coefficient (Wildman–Crippen LogP) is 4.03. The first kappa shape index (κ1) is 13.2. The number of aromatic nitrogens is 1. The van der Waals surface area contributed by atoms with E-state index in [2.05, 4.69) is 9.88 Å². The second-order valence-electron chi connectivity index (χ2n) is 4.29. The summed E-state index contributed by atoms with van der Waals surface area (Å²) in [7, 11) is 0. The molecule has 0 saturated carbocycles. The molecule has 2 aromatic rings. The fraction of sp³-hybridized carbons (Fsp3) is 0.308. The quantitative estimate of drug-likeness (QED) is 0.837. The van der Waals surface area contributed by atoms with Crippen LogP contribution in [0.4, 0.5) is 5.13 Å². The fourth-order valence-electron chi connectivity index (χ4n) is 2.11. The highest BCUT2D eigenvalue weighted by Gasteiger charge is 2.23. The van der Waals surface area contributed by atoms with Crippen molar-refractivity contribution >= 4 is 39.7 Å². The maximum atomic E-state index is 6.06. The molecule has 19 heavy (non-hydrogen) atoms. The summed E-state index contributed by atoms with van der Waals surface area (Å²) in [6, 6.07) is 5.65. The molecule has 1 saturated heterocycles. The number of morpholine rings is 1. The molecule has 0 bridgehead atoms. The third-order valence-corrected chi connectivity index (χ3v) is 4.64. The largest absolute Gasteiger partial charge is 0.370 e. The molecule has 1 aliphatic rings. The normalized spacial score (nSPS) is 19.7. The number of halogens is 2. The van der Waals surface area contributed by atoms with Crippen LogP contribution in [-0.2, 0) is 4.74 Å². The monoisotopic (exact) mass is 314 g/mol. The van der Waals surface area contributed by atoms with Crippen LogP contribution in [-0.4, -0.2) is 24.7 Å². The summed E-state index contributed by atoms with van der Waals surface area (Å²) in [6.07, 6.45) is 1.83. The zero-order valence-electron chi connectivity index (χ0n) is 10.1. The summed E-state index contributed by atoms with van der Waals surface area (Å²) in [4.78, 5) is 6.58. The first-order valence-electron chi connectivity index (χ1n) is 5.95. The Morgan fingerprint density at radius 1 is 1.32 bits per heavy atom. The Kier molecular flexibility index (Phi) is 3.93. The van der Waals surface area contributed by atoms with Crippen LogP contribution in [0.3, 0.4) is 0 Å². The highest BCUT2D eigenvalue weighted by Crippen LogP contribution is 2.30. The van der Waals surface area contributed by atoms with Crippen LogP contribution in [0.1, 0.15) is 11.7 Å². The Balaban J connectivity index is 1.79. The average Bonchev–Trinajstić information content (AvgIpc) is 2.96. The number of nitrogens with zero attached hydrogens (tertiary/aromatic N) is 2. The molecule has 0 aliphatic carbocycles. The van der Waals surface area contributed by atoms with Gasteiger partial charge in [-0.15, -0.1) is 11.3 Å². The smallest absolute Gasteiger partial charge is 0.185 e. The summed E-state index contributed by atoms with van der Waals surface area (Å²) in [5.41, 5.74) is 1.05. The van der Waals surface area contributed by atoms with Crippen LogP contribution in [0.25, 0.3) is 0 Å². The first-order chi connectivity index (χ1) is 9.24.